The average Bonchev–Trinajstić information content (AvgIpc) is 2.79. The number of hydrogen-bond acceptors (Lipinski definition) is 5. The zero-order chi connectivity index (χ0) is 15.5. The lowest BCUT2D eigenvalue weighted by atomic mass is 10.0. The lowest BCUT2D eigenvalue weighted by Crippen LogP contribution is -2.53. The van der Waals surface area contributed by atoms with Gasteiger partial charge in [-0.1, -0.05) is 27.2 Å². The van der Waals surface area contributed by atoms with Gasteiger partial charge in [0, 0.05) is 24.0 Å². The van der Waals surface area contributed by atoms with Gasteiger partial charge >= 0.3 is 0 Å². The molecule has 1 aliphatic heterocycles. The number of aryl methyl sites for hydroxylation is 1. The molecule has 4 nitrogen and oxygen atoms in total. The Morgan fingerprint density at radius 3 is 2.81 bits per heavy atom. The number of nitrogens with zero attached hydrogens (tertiary/aromatic N) is 2. The lowest BCUT2D eigenvalue weighted by molar-refractivity contribution is 0.0643. The molecule has 21 heavy (non-hydrogen) atoms. The first-order chi connectivity index (χ1) is 9.94. The van der Waals surface area contributed by atoms with Crippen LogP contribution in [-0.4, -0.2) is 36.3 Å². The minimum Gasteiger partial charge on any atom is -0.377 e. The molecule has 2 rings (SSSR count). The largest absolute Gasteiger partial charge is 0.377 e. The van der Waals surface area contributed by atoms with Gasteiger partial charge in [0.1, 0.15) is 0 Å². The zero-order valence-electron chi connectivity index (χ0n) is 14.0. The predicted molar refractivity (Wildman–Crippen MR) is 90.3 cm³/mol. The topological polar surface area (TPSA) is 37.4 Å². The van der Waals surface area contributed by atoms with Crippen LogP contribution in [0.1, 0.15) is 51.6 Å². The van der Waals surface area contributed by atoms with Gasteiger partial charge in [-0.15, -0.1) is 11.3 Å². The van der Waals surface area contributed by atoms with Crippen LogP contribution in [-0.2, 0) is 17.7 Å². The van der Waals surface area contributed by atoms with Crippen LogP contribution in [0.5, 0.6) is 0 Å². The number of hydrogen-bond donors (Lipinski definition) is 1. The van der Waals surface area contributed by atoms with E-state index in [0.29, 0.717) is 6.04 Å². The molecule has 0 amide bonds. The number of rotatable bonds is 6. The normalized spacial score (nSPS) is 18.5. The minimum absolute atomic E-state index is 0.0301. The van der Waals surface area contributed by atoms with Crippen molar-refractivity contribution in [3.8, 4) is 0 Å². The third kappa shape index (κ3) is 4.18. The summed E-state index contributed by atoms with van der Waals surface area (Å²) >= 11 is 1.85. The fraction of sp³-hybridized carbons (Fsp3) is 0.812. The van der Waals surface area contributed by atoms with E-state index >= 15 is 0 Å². The van der Waals surface area contributed by atoms with Crippen LogP contribution in [0, 0.1) is 0 Å². The van der Waals surface area contributed by atoms with Crippen LogP contribution >= 0.6 is 11.3 Å². The summed E-state index contributed by atoms with van der Waals surface area (Å²) in [4.78, 5) is 8.75. The SMILES string of the molecule is CCCc1nc(N2CCOCC2(C)C)sc1CNC(C)C. The average molecular weight is 311 g/mol. The van der Waals surface area contributed by atoms with E-state index in [9.17, 15) is 0 Å². The summed E-state index contributed by atoms with van der Waals surface area (Å²) in [5.74, 6) is 0. The van der Waals surface area contributed by atoms with Crippen molar-refractivity contribution in [1.29, 1.82) is 0 Å². The van der Waals surface area contributed by atoms with Crippen LogP contribution in [0.2, 0.25) is 0 Å². The highest BCUT2D eigenvalue weighted by Gasteiger charge is 2.33. The van der Waals surface area contributed by atoms with Crippen molar-refractivity contribution in [3.63, 3.8) is 0 Å². The van der Waals surface area contributed by atoms with E-state index in [1.165, 1.54) is 10.6 Å². The maximum Gasteiger partial charge on any atom is 0.186 e. The molecule has 1 N–H and O–H groups in total. The second-order valence-electron chi connectivity index (χ2n) is 6.67. The summed E-state index contributed by atoms with van der Waals surface area (Å²) in [5, 5.41) is 4.68. The molecular formula is C16H29N3OS. The summed E-state index contributed by atoms with van der Waals surface area (Å²) in [6, 6.07) is 0.504. The molecular weight excluding hydrogens is 282 g/mol. The third-order valence-electron chi connectivity index (χ3n) is 3.80. The van der Waals surface area contributed by atoms with Crippen LogP contribution in [0.15, 0.2) is 0 Å². The van der Waals surface area contributed by atoms with Crippen molar-refractivity contribution in [2.24, 2.45) is 0 Å². The van der Waals surface area contributed by atoms with Gasteiger partial charge in [0.25, 0.3) is 0 Å². The van der Waals surface area contributed by atoms with Crippen LogP contribution < -0.4 is 10.2 Å². The van der Waals surface area contributed by atoms with Crippen molar-refractivity contribution in [1.82, 2.24) is 10.3 Å². The Bertz CT molecular complexity index is 456. The molecule has 0 atom stereocenters. The monoisotopic (exact) mass is 311 g/mol. The molecule has 1 aliphatic rings. The second-order valence-corrected chi connectivity index (χ2v) is 7.73. The number of ether oxygens (including phenoxy) is 1. The zero-order valence-corrected chi connectivity index (χ0v) is 14.8. The van der Waals surface area contributed by atoms with Crippen molar-refractivity contribution in [3.05, 3.63) is 10.6 Å². The molecule has 0 aliphatic carbocycles. The molecule has 0 radical (unpaired) electrons. The maximum absolute atomic E-state index is 5.62. The van der Waals surface area contributed by atoms with Gasteiger partial charge in [0.15, 0.2) is 5.13 Å². The van der Waals surface area contributed by atoms with Gasteiger partial charge in [-0.3, -0.25) is 0 Å². The Labute approximate surface area is 132 Å². The number of anilines is 1. The van der Waals surface area contributed by atoms with E-state index < -0.39 is 0 Å². The van der Waals surface area contributed by atoms with Gasteiger partial charge in [-0.2, -0.15) is 0 Å². The van der Waals surface area contributed by atoms with Gasteiger partial charge < -0.3 is 15.0 Å². The molecule has 5 heteroatoms. The maximum atomic E-state index is 5.62. The van der Waals surface area contributed by atoms with E-state index in [1.54, 1.807) is 0 Å². The Morgan fingerprint density at radius 1 is 1.43 bits per heavy atom. The summed E-state index contributed by atoms with van der Waals surface area (Å²) < 4.78 is 5.62. The van der Waals surface area contributed by atoms with E-state index in [4.69, 9.17) is 9.72 Å². The first-order valence-corrected chi connectivity index (χ1v) is 8.83. The fourth-order valence-corrected chi connectivity index (χ4v) is 3.81. The summed E-state index contributed by atoms with van der Waals surface area (Å²) in [6.07, 6.45) is 2.21. The highest BCUT2D eigenvalue weighted by Crippen LogP contribution is 2.33. The molecule has 0 spiro atoms. The molecule has 120 valence electrons. The first kappa shape index (κ1) is 16.7. The Hall–Kier alpha value is -0.650. The van der Waals surface area contributed by atoms with E-state index in [-0.39, 0.29) is 5.54 Å². The fourth-order valence-electron chi connectivity index (χ4n) is 2.57. The van der Waals surface area contributed by atoms with Crippen molar-refractivity contribution >= 4 is 16.5 Å². The highest BCUT2D eigenvalue weighted by atomic mass is 32.1. The van der Waals surface area contributed by atoms with E-state index in [1.807, 2.05) is 11.3 Å². The van der Waals surface area contributed by atoms with Crippen LogP contribution in [0.25, 0.3) is 0 Å². The molecule has 1 aromatic rings. The molecule has 1 aromatic heterocycles. The quantitative estimate of drug-likeness (QED) is 0.875. The Kier molecular flexibility index (Phi) is 5.63. The third-order valence-corrected chi connectivity index (χ3v) is 4.92. The molecule has 0 bridgehead atoms. The molecule has 1 fully saturated rings. The molecule has 1 saturated heterocycles. The number of thiazole rings is 1. The molecule has 0 saturated carbocycles. The van der Waals surface area contributed by atoms with Crippen molar-refractivity contribution in [2.75, 3.05) is 24.7 Å². The van der Waals surface area contributed by atoms with Crippen LogP contribution in [0.3, 0.4) is 0 Å². The van der Waals surface area contributed by atoms with Gasteiger partial charge in [-0.05, 0) is 20.3 Å². The number of aromatic nitrogens is 1. The summed E-state index contributed by atoms with van der Waals surface area (Å²) in [6.45, 7) is 14.5. The summed E-state index contributed by atoms with van der Waals surface area (Å²) in [5.41, 5.74) is 1.30. The van der Waals surface area contributed by atoms with Crippen molar-refractivity contribution < 1.29 is 4.74 Å². The lowest BCUT2D eigenvalue weighted by Gasteiger charge is -2.42. The Morgan fingerprint density at radius 2 is 2.19 bits per heavy atom. The number of morpholine rings is 1. The molecule has 0 aromatic carbocycles. The molecule has 2 heterocycles. The Balaban J connectivity index is 2.21. The van der Waals surface area contributed by atoms with E-state index in [0.717, 1.165) is 44.3 Å². The predicted octanol–water partition coefficient (Wildman–Crippen LogP) is 3.21. The minimum atomic E-state index is 0.0301. The van der Waals surface area contributed by atoms with E-state index in [2.05, 4.69) is 44.8 Å². The van der Waals surface area contributed by atoms with Crippen LogP contribution in [0.4, 0.5) is 5.13 Å². The van der Waals surface area contributed by atoms with Crippen molar-refractivity contribution in [2.45, 2.75) is 65.6 Å². The first-order valence-electron chi connectivity index (χ1n) is 8.01. The smallest absolute Gasteiger partial charge is 0.186 e. The number of nitrogens with one attached hydrogen (secondary N) is 1. The van der Waals surface area contributed by atoms with Gasteiger partial charge in [0.05, 0.1) is 24.4 Å². The summed E-state index contributed by atoms with van der Waals surface area (Å²) in [7, 11) is 0. The molecule has 0 unspecified atom stereocenters. The van der Waals surface area contributed by atoms with Gasteiger partial charge in [0.2, 0.25) is 0 Å². The van der Waals surface area contributed by atoms with Gasteiger partial charge in [-0.25, -0.2) is 4.98 Å². The standard InChI is InChI=1S/C16H29N3OS/c1-6-7-13-14(10-17-12(2)3)21-15(18-13)19-8-9-20-11-16(19,4)5/h12,17H,6-11H2,1-5H3. The highest BCUT2D eigenvalue weighted by molar-refractivity contribution is 7.15. The second kappa shape index (κ2) is 7.07.